The zero-order valence-electron chi connectivity index (χ0n) is 12.1. The molecule has 0 saturated heterocycles. The molecule has 0 fully saturated rings. The normalized spacial score (nSPS) is 11.7. The van der Waals surface area contributed by atoms with Crippen LogP contribution in [0.1, 0.15) is 31.2 Å². The number of phenolic OH excluding ortho intramolecular Hbond substituents is 2. The summed E-state index contributed by atoms with van der Waals surface area (Å²) >= 11 is 13.1. The summed E-state index contributed by atoms with van der Waals surface area (Å²) in [5.74, 6) is 0.161. The molecule has 0 atom stereocenters. The third-order valence-corrected chi connectivity index (χ3v) is 4.11. The number of thioether (sulfide) groups is 1. The van der Waals surface area contributed by atoms with Crippen LogP contribution in [0.3, 0.4) is 0 Å². The molecule has 1 aromatic heterocycles. The zero-order chi connectivity index (χ0) is 16.4. The van der Waals surface area contributed by atoms with E-state index in [0.29, 0.717) is 11.0 Å². The lowest BCUT2D eigenvalue weighted by atomic mass is 10.2. The van der Waals surface area contributed by atoms with Gasteiger partial charge in [0.25, 0.3) is 0 Å². The van der Waals surface area contributed by atoms with Crippen molar-refractivity contribution in [2.75, 3.05) is 6.26 Å². The maximum absolute atomic E-state index is 9.95. The van der Waals surface area contributed by atoms with Crippen LogP contribution in [-0.4, -0.2) is 37.6 Å². The Morgan fingerprint density at radius 2 is 1.95 bits per heavy atom. The minimum Gasteiger partial charge on any atom is -0.506 e. The molecule has 2 rings (SSSR count). The summed E-state index contributed by atoms with van der Waals surface area (Å²) in [6, 6.07) is 1.37. The molecule has 22 heavy (non-hydrogen) atoms. The smallest absolute Gasteiger partial charge is 0.211 e. The summed E-state index contributed by atoms with van der Waals surface area (Å²) in [4.78, 5) is 0. The fourth-order valence-electron chi connectivity index (χ4n) is 1.71. The fourth-order valence-corrected chi connectivity index (χ4v) is 2.62. The highest BCUT2D eigenvalue weighted by atomic mass is 35.5. The Hall–Kier alpha value is -1.44. The SMILES string of the molecule is CSc1nnc(C(C)C)n1/N=C\c1cc(Cl)c(O)c(Cl)c1O. The van der Waals surface area contributed by atoms with Crippen LogP contribution in [0.4, 0.5) is 0 Å². The van der Waals surface area contributed by atoms with Crippen molar-refractivity contribution in [3.05, 3.63) is 27.5 Å². The molecule has 0 amide bonds. The number of rotatable bonds is 4. The number of aromatic hydroxyl groups is 2. The molecule has 1 aromatic carbocycles. The average Bonchev–Trinajstić information content (AvgIpc) is 2.90. The minimum atomic E-state index is -0.366. The van der Waals surface area contributed by atoms with Gasteiger partial charge in [-0.25, -0.2) is 0 Å². The summed E-state index contributed by atoms with van der Waals surface area (Å²) in [5.41, 5.74) is 0.281. The maximum Gasteiger partial charge on any atom is 0.211 e. The molecule has 6 nitrogen and oxygen atoms in total. The lowest BCUT2D eigenvalue weighted by Gasteiger charge is -2.07. The molecule has 0 unspecified atom stereocenters. The highest BCUT2D eigenvalue weighted by Crippen LogP contribution is 2.40. The van der Waals surface area contributed by atoms with Crippen molar-refractivity contribution >= 4 is 41.2 Å². The number of halogens is 2. The van der Waals surface area contributed by atoms with Crippen molar-refractivity contribution in [3.8, 4) is 11.5 Å². The van der Waals surface area contributed by atoms with Crippen molar-refractivity contribution in [1.29, 1.82) is 0 Å². The summed E-state index contributed by atoms with van der Waals surface area (Å²) in [6.45, 7) is 3.96. The first-order chi connectivity index (χ1) is 10.4. The third kappa shape index (κ3) is 3.16. The molecule has 2 N–H and O–H groups in total. The number of phenols is 2. The van der Waals surface area contributed by atoms with E-state index >= 15 is 0 Å². The van der Waals surface area contributed by atoms with Gasteiger partial charge in [-0.05, 0) is 12.3 Å². The molecule has 0 aliphatic carbocycles. The van der Waals surface area contributed by atoms with Crippen LogP contribution in [0.25, 0.3) is 0 Å². The van der Waals surface area contributed by atoms with Gasteiger partial charge in [0.1, 0.15) is 10.8 Å². The summed E-state index contributed by atoms with van der Waals surface area (Å²) in [7, 11) is 0. The van der Waals surface area contributed by atoms with Crippen LogP contribution in [0.2, 0.25) is 10.0 Å². The Kier molecular flexibility index (Phi) is 5.20. The van der Waals surface area contributed by atoms with E-state index in [-0.39, 0.29) is 33.0 Å². The van der Waals surface area contributed by atoms with Crippen molar-refractivity contribution in [3.63, 3.8) is 0 Å². The monoisotopic (exact) mass is 360 g/mol. The number of aromatic nitrogens is 3. The van der Waals surface area contributed by atoms with Gasteiger partial charge in [-0.3, -0.25) is 0 Å². The average molecular weight is 361 g/mol. The largest absolute Gasteiger partial charge is 0.506 e. The van der Waals surface area contributed by atoms with Crippen molar-refractivity contribution in [1.82, 2.24) is 14.9 Å². The van der Waals surface area contributed by atoms with Gasteiger partial charge in [0.15, 0.2) is 11.6 Å². The Labute approximate surface area is 141 Å². The van der Waals surface area contributed by atoms with Gasteiger partial charge in [-0.1, -0.05) is 48.8 Å². The Balaban J connectivity index is 2.48. The lowest BCUT2D eigenvalue weighted by Crippen LogP contribution is -2.02. The van der Waals surface area contributed by atoms with Gasteiger partial charge in [-0.15, -0.1) is 10.2 Å². The van der Waals surface area contributed by atoms with E-state index in [1.807, 2.05) is 20.1 Å². The van der Waals surface area contributed by atoms with Crippen LogP contribution in [0.5, 0.6) is 11.5 Å². The predicted octanol–water partition coefficient (Wildman–Crippen LogP) is 3.72. The topological polar surface area (TPSA) is 83.5 Å². The Morgan fingerprint density at radius 1 is 1.27 bits per heavy atom. The molecule has 9 heteroatoms. The van der Waals surface area contributed by atoms with E-state index in [2.05, 4.69) is 15.3 Å². The first-order valence-electron chi connectivity index (χ1n) is 6.30. The van der Waals surface area contributed by atoms with Crippen molar-refractivity contribution in [2.24, 2.45) is 5.10 Å². The van der Waals surface area contributed by atoms with Gasteiger partial charge < -0.3 is 10.2 Å². The van der Waals surface area contributed by atoms with E-state index in [1.165, 1.54) is 24.0 Å². The third-order valence-electron chi connectivity index (χ3n) is 2.85. The molecule has 1 heterocycles. The molecule has 118 valence electrons. The standard InChI is InChI=1S/C13H14Cl2N4O2S/c1-6(2)12-17-18-13(22-3)19(12)16-5-7-4-8(14)11(21)9(15)10(7)20/h4-6,20-21H,1-3H3/b16-5-. The highest BCUT2D eigenvalue weighted by molar-refractivity contribution is 7.98. The molecule has 0 spiro atoms. The van der Waals surface area contributed by atoms with E-state index in [9.17, 15) is 10.2 Å². The lowest BCUT2D eigenvalue weighted by molar-refractivity contribution is 0.450. The van der Waals surface area contributed by atoms with Crippen LogP contribution >= 0.6 is 35.0 Å². The molecule has 0 radical (unpaired) electrons. The molecular formula is C13H14Cl2N4O2S. The number of benzene rings is 1. The molecule has 0 bridgehead atoms. The molecule has 2 aromatic rings. The van der Waals surface area contributed by atoms with Crippen molar-refractivity contribution in [2.45, 2.75) is 24.9 Å². The highest BCUT2D eigenvalue weighted by Gasteiger charge is 2.16. The summed E-state index contributed by atoms with van der Waals surface area (Å²) < 4.78 is 1.59. The second kappa shape index (κ2) is 6.76. The van der Waals surface area contributed by atoms with Gasteiger partial charge in [0.05, 0.1) is 11.2 Å². The van der Waals surface area contributed by atoms with E-state index in [4.69, 9.17) is 23.2 Å². The molecule has 0 aliphatic rings. The first kappa shape index (κ1) is 16.9. The Bertz CT molecular complexity index is 731. The maximum atomic E-state index is 9.95. The molecular weight excluding hydrogens is 347 g/mol. The fraction of sp³-hybridized carbons (Fsp3) is 0.308. The zero-order valence-corrected chi connectivity index (χ0v) is 14.4. The number of hydrogen-bond acceptors (Lipinski definition) is 6. The Morgan fingerprint density at radius 3 is 2.55 bits per heavy atom. The predicted molar refractivity (Wildman–Crippen MR) is 88.7 cm³/mol. The van der Waals surface area contributed by atoms with Crippen LogP contribution < -0.4 is 0 Å². The van der Waals surface area contributed by atoms with Crippen molar-refractivity contribution < 1.29 is 10.2 Å². The van der Waals surface area contributed by atoms with Gasteiger partial charge in [0.2, 0.25) is 5.16 Å². The van der Waals surface area contributed by atoms with E-state index in [0.717, 1.165) is 0 Å². The van der Waals surface area contributed by atoms with Gasteiger partial charge >= 0.3 is 0 Å². The van der Waals surface area contributed by atoms with Gasteiger partial charge in [-0.2, -0.15) is 9.78 Å². The summed E-state index contributed by atoms with van der Waals surface area (Å²) in [6.07, 6.45) is 3.26. The second-order valence-corrected chi connectivity index (χ2v) is 6.27. The quantitative estimate of drug-likeness (QED) is 0.641. The van der Waals surface area contributed by atoms with Crippen LogP contribution in [-0.2, 0) is 0 Å². The molecule has 0 saturated carbocycles. The van der Waals surface area contributed by atoms with Crippen LogP contribution in [0, 0.1) is 0 Å². The minimum absolute atomic E-state index is 0.0298. The summed E-state index contributed by atoms with van der Waals surface area (Å²) in [5, 5.41) is 32.4. The van der Waals surface area contributed by atoms with Gasteiger partial charge in [0, 0.05) is 11.5 Å². The van der Waals surface area contributed by atoms with E-state index < -0.39 is 0 Å². The second-order valence-electron chi connectivity index (χ2n) is 4.71. The number of nitrogens with zero attached hydrogens (tertiary/aromatic N) is 4. The van der Waals surface area contributed by atoms with Crippen LogP contribution in [0.15, 0.2) is 16.3 Å². The number of hydrogen-bond donors (Lipinski definition) is 2. The first-order valence-corrected chi connectivity index (χ1v) is 8.28. The molecule has 0 aliphatic heterocycles. The van der Waals surface area contributed by atoms with E-state index in [1.54, 1.807) is 4.68 Å².